The lowest BCUT2D eigenvalue weighted by atomic mass is 10.1. The molecule has 2 N–H and O–H groups in total. The maximum atomic E-state index is 12.4. The predicted molar refractivity (Wildman–Crippen MR) is 93.1 cm³/mol. The average molecular weight is 406 g/mol. The van der Waals surface area contributed by atoms with Crippen LogP contribution < -0.4 is 10.6 Å². The molecule has 1 saturated heterocycles. The van der Waals surface area contributed by atoms with Gasteiger partial charge in [-0.25, -0.2) is 0 Å². The summed E-state index contributed by atoms with van der Waals surface area (Å²) in [4.78, 5) is 36.0. The maximum absolute atomic E-state index is 12.4. The number of benzene rings is 1. The smallest absolute Gasteiger partial charge is 0.356 e. The zero-order chi connectivity index (χ0) is 20.0. The van der Waals surface area contributed by atoms with Crippen molar-refractivity contribution in [2.75, 3.05) is 25.0 Å². The third-order valence-electron chi connectivity index (χ3n) is 3.96. The third-order valence-corrected chi connectivity index (χ3v) is 4.22. The van der Waals surface area contributed by atoms with Gasteiger partial charge in [-0.05, 0) is 30.7 Å². The van der Waals surface area contributed by atoms with Crippen molar-refractivity contribution in [3.8, 4) is 0 Å². The molecule has 27 heavy (non-hydrogen) atoms. The van der Waals surface area contributed by atoms with Crippen LogP contribution >= 0.6 is 11.6 Å². The fourth-order valence-corrected chi connectivity index (χ4v) is 2.80. The van der Waals surface area contributed by atoms with Crippen LogP contribution in [0.2, 0.25) is 5.02 Å². The van der Waals surface area contributed by atoms with Crippen LogP contribution in [0, 0.1) is 5.92 Å². The number of carbonyl (C=O) groups is 3. The number of likely N-dealkylation sites (tertiary alicyclic amines) is 1. The molecular formula is C17H19ClF3N3O3. The van der Waals surface area contributed by atoms with E-state index in [0.29, 0.717) is 22.0 Å². The Kier molecular flexibility index (Phi) is 7.06. The van der Waals surface area contributed by atoms with Crippen LogP contribution in [0.15, 0.2) is 24.3 Å². The van der Waals surface area contributed by atoms with Gasteiger partial charge in [0.15, 0.2) is 0 Å². The molecule has 10 heteroatoms. The first-order chi connectivity index (χ1) is 12.6. The van der Waals surface area contributed by atoms with Gasteiger partial charge >= 0.3 is 6.18 Å². The van der Waals surface area contributed by atoms with Crippen LogP contribution in [0.5, 0.6) is 0 Å². The van der Waals surface area contributed by atoms with Crippen LogP contribution in [0.4, 0.5) is 18.9 Å². The zero-order valence-corrected chi connectivity index (χ0v) is 15.1. The number of carbonyl (C=O) groups excluding carboxylic acids is 3. The van der Waals surface area contributed by atoms with Crippen molar-refractivity contribution in [2.24, 2.45) is 5.92 Å². The highest BCUT2D eigenvalue weighted by atomic mass is 35.5. The molecular weight excluding hydrogens is 387 g/mol. The minimum Gasteiger partial charge on any atom is -0.356 e. The summed E-state index contributed by atoms with van der Waals surface area (Å²) in [5.41, 5.74) is 0.600. The molecule has 1 aromatic rings. The lowest BCUT2D eigenvalue weighted by Crippen LogP contribution is -2.37. The van der Waals surface area contributed by atoms with Gasteiger partial charge < -0.3 is 15.5 Å². The summed E-state index contributed by atoms with van der Waals surface area (Å²) < 4.78 is 37.1. The second kappa shape index (κ2) is 9.07. The second-order valence-corrected chi connectivity index (χ2v) is 6.68. The highest BCUT2D eigenvalue weighted by Gasteiger charge is 2.40. The van der Waals surface area contributed by atoms with Crippen molar-refractivity contribution in [3.63, 3.8) is 0 Å². The Labute approximate surface area is 159 Å². The van der Waals surface area contributed by atoms with E-state index in [2.05, 4.69) is 10.6 Å². The highest BCUT2D eigenvalue weighted by molar-refractivity contribution is 6.30. The quantitative estimate of drug-likeness (QED) is 0.684. The number of rotatable bonds is 7. The molecule has 1 aromatic carbocycles. The van der Waals surface area contributed by atoms with Gasteiger partial charge in [0.1, 0.15) is 6.54 Å². The van der Waals surface area contributed by atoms with E-state index < -0.39 is 30.5 Å². The van der Waals surface area contributed by atoms with E-state index in [-0.39, 0.29) is 31.8 Å². The van der Waals surface area contributed by atoms with Crippen molar-refractivity contribution in [1.29, 1.82) is 0 Å². The van der Waals surface area contributed by atoms with E-state index in [0.717, 1.165) is 0 Å². The molecule has 0 bridgehead atoms. The summed E-state index contributed by atoms with van der Waals surface area (Å²) in [6, 6.07) is 6.60. The summed E-state index contributed by atoms with van der Waals surface area (Å²) in [5.74, 6) is -2.21. The van der Waals surface area contributed by atoms with Gasteiger partial charge in [0, 0.05) is 36.6 Å². The Hall–Kier alpha value is -2.29. The number of alkyl halides is 3. The SMILES string of the molecule is O=C(CCCNC(=O)C1CC(=O)N(CC(F)(F)F)C1)Nc1ccc(Cl)cc1. The van der Waals surface area contributed by atoms with Crippen molar-refractivity contribution in [2.45, 2.75) is 25.4 Å². The zero-order valence-electron chi connectivity index (χ0n) is 14.3. The van der Waals surface area contributed by atoms with Gasteiger partial charge in [0.05, 0.1) is 5.92 Å². The summed E-state index contributed by atoms with van der Waals surface area (Å²) >= 11 is 5.75. The number of nitrogens with one attached hydrogen (secondary N) is 2. The minimum atomic E-state index is -4.49. The monoisotopic (exact) mass is 405 g/mol. The molecule has 1 aliphatic heterocycles. The Morgan fingerprint density at radius 3 is 2.52 bits per heavy atom. The first-order valence-electron chi connectivity index (χ1n) is 8.32. The number of hydrogen-bond donors (Lipinski definition) is 2. The Balaban J connectivity index is 1.66. The van der Waals surface area contributed by atoms with Crippen molar-refractivity contribution < 1.29 is 27.6 Å². The van der Waals surface area contributed by atoms with E-state index in [4.69, 9.17) is 11.6 Å². The number of anilines is 1. The van der Waals surface area contributed by atoms with Gasteiger partial charge in [0.2, 0.25) is 17.7 Å². The van der Waals surface area contributed by atoms with Gasteiger partial charge in [-0.15, -0.1) is 0 Å². The van der Waals surface area contributed by atoms with Crippen molar-refractivity contribution >= 4 is 35.0 Å². The van der Waals surface area contributed by atoms with Gasteiger partial charge in [-0.3, -0.25) is 14.4 Å². The molecule has 0 aromatic heterocycles. The third kappa shape index (κ3) is 7.09. The fraction of sp³-hybridized carbons (Fsp3) is 0.471. The lowest BCUT2D eigenvalue weighted by molar-refractivity contribution is -0.157. The van der Waals surface area contributed by atoms with Crippen molar-refractivity contribution in [1.82, 2.24) is 10.2 Å². The van der Waals surface area contributed by atoms with E-state index in [1.807, 2.05) is 0 Å². The maximum Gasteiger partial charge on any atom is 0.406 e. The molecule has 6 nitrogen and oxygen atoms in total. The molecule has 148 valence electrons. The Morgan fingerprint density at radius 2 is 1.89 bits per heavy atom. The minimum absolute atomic E-state index is 0.159. The van der Waals surface area contributed by atoms with Crippen molar-refractivity contribution in [3.05, 3.63) is 29.3 Å². The number of halogens is 4. The van der Waals surface area contributed by atoms with Crippen LogP contribution in [0.25, 0.3) is 0 Å². The van der Waals surface area contributed by atoms with Crippen LogP contribution in [-0.2, 0) is 14.4 Å². The molecule has 1 fully saturated rings. The summed E-state index contributed by atoms with van der Waals surface area (Å²) in [7, 11) is 0. The summed E-state index contributed by atoms with van der Waals surface area (Å²) in [6.45, 7) is -1.40. The van der Waals surface area contributed by atoms with Crippen LogP contribution in [0.1, 0.15) is 19.3 Å². The van der Waals surface area contributed by atoms with Gasteiger partial charge in [0.25, 0.3) is 0 Å². The average Bonchev–Trinajstić information content (AvgIpc) is 2.92. The molecule has 1 heterocycles. The summed E-state index contributed by atoms with van der Waals surface area (Å²) in [5, 5.41) is 5.79. The molecule has 1 atom stereocenters. The highest BCUT2D eigenvalue weighted by Crippen LogP contribution is 2.23. The number of hydrogen-bond acceptors (Lipinski definition) is 3. The molecule has 0 spiro atoms. The molecule has 1 unspecified atom stereocenters. The predicted octanol–water partition coefficient (Wildman–Crippen LogP) is 2.59. The lowest BCUT2D eigenvalue weighted by Gasteiger charge is -2.18. The summed E-state index contributed by atoms with van der Waals surface area (Å²) in [6.07, 6.45) is -4.21. The topological polar surface area (TPSA) is 78.5 Å². The first-order valence-corrected chi connectivity index (χ1v) is 8.69. The van der Waals surface area contributed by atoms with Gasteiger partial charge in [-0.1, -0.05) is 11.6 Å². The molecule has 1 aliphatic rings. The fourth-order valence-electron chi connectivity index (χ4n) is 2.68. The number of amides is 3. The molecule has 0 aliphatic carbocycles. The normalized spacial score (nSPS) is 17.1. The van der Waals surface area contributed by atoms with E-state index in [1.54, 1.807) is 24.3 Å². The Bertz CT molecular complexity index is 695. The van der Waals surface area contributed by atoms with Crippen LogP contribution in [-0.4, -0.2) is 48.4 Å². The first kappa shape index (κ1) is 21.0. The molecule has 3 amide bonds. The van der Waals surface area contributed by atoms with E-state index in [1.165, 1.54) is 0 Å². The standard InChI is InChI=1S/C17H19ClF3N3O3/c18-12-3-5-13(6-4-12)23-14(25)2-1-7-22-16(27)11-8-15(26)24(9-11)10-17(19,20)21/h3-6,11H,1-2,7-10H2,(H,22,27)(H,23,25). The van der Waals surface area contributed by atoms with Crippen LogP contribution in [0.3, 0.4) is 0 Å². The molecule has 0 saturated carbocycles. The number of nitrogens with zero attached hydrogens (tertiary/aromatic N) is 1. The second-order valence-electron chi connectivity index (χ2n) is 6.24. The van der Waals surface area contributed by atoms with E-state index >= 15 is 0 Å². The Morgan fingerprint density at radius 1 is 1.22 bits per heavy atom. The van der Waals surface area contributed by atoms with Gasteiger partial charge in [-0.2, -0.15) is 13.2 Å². The van der Waals surface area contributed by atoms with E-state index in [9.17, 15) is 27.6 Å². The molecule has 2 rings (SSSR count). The largest absolute Gasteiger partial charge is 0.406 e. The molecule has 0 radical (unpaired) electrons.